The lowest BCUT2D eigenvalue weighted by Gasteiger charge is -2.35. The summed E-state index contributed by atoms with van der Waals surface area (Å²) in [5, 5.41) is 7.16. The fourth-order valence-electron chi connectivity index (χ4n) is 3.63. The number of likely N-dealkylation sites (tertiary alicyclic amines) is 1. The van der Waals surface area contributed by atoms with Crippen LogP contribution in [-0.2, 0) is 11.2 Å². The van der Waals surface area contributed by atoms with Gasteiger partial charge in [0.15, 0.2) is 0 Å². The number of hydrogen-bond acceptors (Lipinski definition) is 4. The zero-order valence-electron chi connectivity index (χ0n) is 14.6. The molecule has 7 heteroatoms. The number of imidazole rings is 1. The highest BCUT2D eigenvalue weighted by atomic mass is 16.2. The number of amides is 1. The van der Waals surface area contributed by atoms with Crippen LogP contribution in [0.15, 0.2) is 24.7 Å². The third-order valence-corrected chi connectivity index (χ3v) is 5.06. The minimum Gasteiger partial charge on any atom is -0.334 e. The number of carbonyl (C=O) groups excluding carboxylic acids is 1. The van der Waals surface area contributed by atoms with Crippen LogP contribution in [0.5, 0.6) is 0 Å². The van der Waals surface area contributed by atoms with Crippen LogP contribution in [0.25, 0.3) is 5.78 Å². The van der Waals surface area contributed by atoms with E-state index in [0.29, 0.717) is 12.2 Å². The van der Waals surface area contributed by atoms with Crippen LogP contribution in [-0.4, -0.2) is 41.9 Å². The monoisotopic (exact) mass is 338 g/mol. The van der Waals surface area contributed by atoms with E-state index in [1.807, 2.05) is 41.6 Å². The summed E-state index contributed by atoms with van der Waals surface area (Å²) in [7, 11) is 0. The molecule has 7 nitrogen and oxygen atoms in total. The van der Waals surface area contributed by atoms with Crippen LogP contribution in [0, 0.1) is 13.8 Å². The van der Waals surface area contributed by atoms with Gasteiger partial charge in [0.2, 0.25) is 11.7 Å². The molecular weight excluding hydrogens is 316 g/mol. The number of piperidine rings is 1. The van der Waals surface area contributed by atoms with Gasteiger partial charge in [-0.05, 0) is 39.2 Å². The first-order valence-corrected chi connectivity index (χ1v) is 8.73. The zero-order chi connectivity index (χ0) is 17.4. The molecule has 0 unspecified atom stereocenters. The Hall–Kier alpha value is -2.70. The van der Waals surface area contributed by atoms with E-state index in [2.05, 4.69) is 20.2 Å². The average Bonchev–Trinajstić information content (AvgIpc) is 3.22. The number of carbonyl (C=O) groups is 1. The molecule has 1 N–H and O–H groups in total. The normalized spacial score (nSPS) is 18.0. The molecule has 0 spiro atoms. The van der Waals surface area contributed by atoms with E-state index in [-0.39, 0.29) is 11.9 Å². The summed E-state index contributed by atoms with van der Waals surface area (Å²) in [5.74, 6) is 0.819. The maximum Gasteiger partial charge on any atom is 0.233 e. The van der Waals surface area contributed by atoms with Gasteiger partial charge in [0.1, 0.15) is 0 Å². The van der Waals surface area contributed by atoms with Crippen molar-refractivity contribution in [2.75, 3.05) is 6.54 Å². The lowest BCUT2D eigenvalue weighted by atomic mass is 9.97. The van der Waals surface area contributed by atoms with E-state index in [9.17, 15) is 4.79 Å². The second-order valence-electron chi connectivity index (χ2n) is 6.67. The summed E-state index contributed by atoms with van der Waals surface area (Å²) in [4.78, 5) is 23.9. The van der Waals surface area contributed by atoms with Gasteiger partial charge in [0, 0.05) is 36.4 Å². The predicted molar refractivity (Wildman–Crippen MR) is 93.1 cm³/mol. The molecule has 25 heavy (non-hydrogen) atoms. The van der Waals surface area contributed by atoms with E-state index in [0.717, 1.165) is 48.5 Å². The van der Waals surface area contributed by atoms with Gasteiger partial charge in [-0.3, -0.25) is 14.3 Å². The summed E-state index contributed by atoms with van der Waals surface area (Å²) in [6.07, 6.45) is 9.05. The van der Waals surface area contributed by atoms with Crippen molar-refractivity contribution >= 4 is 11.7 Å². The van der Waals surface area contributed by atoms with Crippen molar-refractivity contribution in [3.8, 4) is 0 Å². The minimum atomic E-state index is 0.0236. The number of nitrogens with zero attached hydrogens (tertiary/aromatic N) is 5. The number of aromatic amines is 1. The molecule has 1 saturated heterocycles. The fourth-order valence-corrected chi connectivity index (χ4v) is 3.63. The predicted octanol–water partition coefficient (Wildman–Crippen LogP) is 2.37. The molecule has 0 aromatic carbocycles. The van der Waals surface area contributed by atoms with E-state index < -0.39 is 0 Å². The topological polar surface area (TPSA) is 79.2 Å². The molecule has 4 rings (SSSR count). The van der Waals surface area contributed by atoms with E-state index in [1.165, 1.54) is 0 Å². The van der Waals surface area contributed by atoms with Gasteiger partial charge in [-0.15, -0.1) is 0 Å². The number of nitrogens with one attached hydrogen (secondary N) is 1. The van der Waals surface area contributed by atoms with Gasteiger partial charge < -0.3 is 4.90 Å². The van der Waals surface area contributed by atoms with Crippen molar-refractivity contribution in [2.24, 2.45) is 0 Å². The summed E-state index contributed by atoms with van der Waals surface area (Å²) in [6, 6.07) is 2.02. The molecule has 1 fully saturated rings. The Balaban J connectivity index is 1.61. The lowest BCUT2D eigenvalue weighted by Crippen LogP contribution is -2.39. The highest BCUT2D eigenvalue weighted by molar-refractivity contribution is 5.79. The molecule has 130 valence electrons. The first-order valence-electron chi connectivity index (χ1n) is 8.73. The Bertz CT molecular complexity index is 892. The molecule has 1 amide bonds. The Morgan fingerprint density at radius 2 is 2.20 bits per heavy atom. The first-order chi connectivity index (χ1) is 12.1. The van der Waals surface area contributed by atoms with Crippen LogP contribution in [0.3, 0.4) is 0 Å². The molecule has 1 atom stereocenters. The minimum absolute atomic E-state index is 0.0236. The summed E-state index contributed by atoms with van der Waals surface area (Å²) >= 11 is 0. The molecule has 3 aromatic rings. The van der Waals surface area contributed by atoms with E-state index >= 15 is 0 Å². The summed E-state index contributed by atoms with van der Waals surface area (Å²) in [5.41, 5.74) is 3.80. The van der Waals surface area contributed by atoms with Crippen molar-refractivity contribution in [3.05, 3.63) is 47.3 Å². The fraction of sp³-hybridized carbons (Fsp3) is 0.444. The number of hydrogen-bond donors (Lipinski definition) is 1. The average molecular weight is 338 g/mol. The third kappa shape index (κ3) is 2.90. The van der Waals surface area contributed by atoms with Crippen molar-refractivity contribution in [3.63, 3.8) is 0 Å². The number of H-pyrrole nitrogens is 1. The molecule has 0 radical (unpaired) electrons. The SMILES string of the molecule is Cc1n[nH]c(C)c1CC(=O)N1CCCC[C@H]1c1ccn2ccnc2n1. The van der Waals surface area contributed by atoms with Gasteiger partial charge in [-0.1, -0.05) is 0 Å². The molecule has 4 heterocycles. The molecule has 0 saturated carbocycles. The van der Waals surface area contributed by atoms with Crippen LogP contribution < -0.4 is 0 Å². The molecule has 1 aliphatic heterocycles. The first kappa shape index (κ1) is 15.8. The quantitative estimate of drug-likeness (QED) is 0.795. The highest BCUT2D eigenvalue weighted by Crippen LogP contribution is 2.30. The highest BCUT2D eigenvalue weighted by Gasteiger charge is 2.29. The maximum atomic E-state index is 13.0. The second-order valence-corrected chi connectivity index (χ2v) is 6.67. The van der Waals surface area contributed by atoms with Crippen LogP contribution in [0.4, 0.5) is 0 Å². The Kier molecular flexibility index (Phi) is 3.99. The van der Waals surface area contributed by atoms with Crippen molar-refractivity contribution in [2.45, 2.75) is 45.6 Å². The van der Waals surface area contributed by atoms with Crippen molar-refractivity contribution < 1.29 is 4.79 Å². The van der Waals surface area contributed by atoms with Crippen LogP contribution in [0.2, 0.25) is 0 Å². The van der Waals surface area contributed by atoms with Crippen LogP contribution in [0.1, 0.15) is 47.9 Å². The van der Waals surface area contributed by atoms with Gasteiger partial charge in [0.05, 0.1) is 23.9 Å². The summed E-state index contributed by atoms with van der Waals surface area (Å²) in [6.45, 7) is 4.68. The largest absolute Gasteiger partial charge is 0.334 e. The maximum absolute atomic E-state index is 13.0. The number of aryl methyl sites for hydroxylation is 2. The van der Waals surface area contributed by atoms with Gasteiger partial charge in [0.25, 0.3) is 0 Å². The van der Waals surface area contributed by atoms with Crippen LogP contribution >= 0.6 is 0 Å². The molecule has 3 aromatic heterocycles. The zero-order valence-corrected chi connectivity index (χ0v) is 14.6. The van der Waals surface area contributed by atoms with Crippen molar-refractivity contribution in [1.29, 1.82) is 0 Å². The standard InChI is InChI=1S/C18H22N6O/c1-12-14(13(2)22-21-12)11-17(25)24-8-4-3-5-16(24)15-6-9-23-10-7-19-18(23)20-15/h6-7,9-10,16H,3-5,8,11H2,1-2H3,(H,21,22)/t16-/m0/s1. The Morgan fingerprint density at radius 3 is 3.00 bits per heavy atom. The molecular formula is C18H22N6O. The number of rotatable bonds is 3. The Labute approximate surface area is 146 Å². The van der Waals surface area contributed by atoms with E-state index in [4.69, 9.17) is 0 Å². The Morgan fingerprint density at radius 1 is 1.32 bits per heavy atom. The van der Waals surface area contributed by atoms with Crippen molar-refractivity contribution in [1.82, 2.24) is 29.5 Å². The number of aromatic nitrogens is 5. The van der Waals surface area contributed by atoms with Gasteiger partial charge in [-0.25, -0.2) is 9.97 Å². The molecule has 0 aliphatic carbocycles. The van der Waals surface area contributed by atoms with E-state index in [1.54, 1.807) is 6.20 Å². The van der Waals surface area contributed by atoms with Gasteiger partial charge >= 0.3 is 0 Å². The second kappa shape index (κ2) is 6.31. The molecule has 0 bridgehead atoms. The van der Waals surface area contributed by atoms with Gasteiger partial charge in [-0.2, -0.15) is 5.10 Å². The lowest BCUT2D eigenvalue weighted by molar-refractivity contribution is -0.134. The third-order valence-electron chi connectivity index (χ3n) is 5.06. The smallest absolute Gasteiger partial charge is 0.233 e. The molecule has 1 aliphatic rings. The number of fused-ring (bicyclic) bond motifs is 1. The summed E-state index contributed by atoms with van der Waals surface area (Å²) < 4.78 is 1.89.